The van der Waals surface area contributed by atoms with Crippen LogP contribution in [-0.2, 0) is 17.8 Å². The molecule has 5 rings (SSSR count). The van der Waals surface area contributed by atoms with Crippen LogP contribution in [0.25, 0.3) is 22.0 Å². The lowest BCUT2D eigenvalue weighted by Crippen LogP contribution is -2.27. The van der Waals surface area contributed by atoms with Crippen LogP contribution in [0, 0.1) is 5.82 Å². The number of carbonyl (C=O) groups is 2. The number of rotatable bonds is 6. The van der Waals surface area contributed by atoms with Gasteiger partial charge < -0.3 is 10.1 Å². The second-order valence-electron chi connectivity index (χ2n) is 10.4. The molecule has 3 aromatic heterocycles. The zero-order chi connectivity index (χ0) is 29.1. The van der Waals surface area contributed by atoms with Gasteiger partial charge in [0.2, 0.25) is 0 Å². The minimum atomic E-state index is -0.660. The number of amides is 1. The second-order valence-corrected chi connectivity index (χ2v) is 10.4. The first-order valence-electron chi connectivity index (χ1n) is 12.8. The van der Waals surface area contributed by atoms with Crippen molar-refractivity contribution < 1.29 is 18.7 Å². The van der Waals surface area contributed by atoms with Gasteiger partial charge in [-0.25, -0.2) is 14.2 Å². The third-order valence-electron chi connectivity index (χ3n) is 6.10. The maximum absolute atomic E-state index is 13.4. The van der Waals surface area contributed by atoms with Crippen LogP contribution < -0.4 is 10.9 Å². The minimum absolute atomic E-state index is 0.170. The summed E-state index contributed by atoms with van der Waals surface area (Å²) in [5.74, 6) is -0.741. The quantitative estimate of drug-likeness (QED) is 0.327. The van der Waals surface area contributed by atoms with Gasteiger partial charge in [-0.15, -0.1) is 0 Å². The number of nitrogens with zero attached hydrogens (tertiary/aromatic N) is 5. The number of hydrogen-bond donors (Lipinski definition) is 1. The molecule has 0 aliphatic carbocycles. The SMILES string of the molecule is CC(C)(C)OC(=O)n1cc(-c2ccc3ncn(Cc4ccnc(C(=O)NCc5ccc(F)cc5)c4)c(=O)c3c2)cn1. The molecule has 0 atom stereocenters. The van der Waals surface area contributed by atoms with Crippen LogP contribution in [-0.4, -0.2) is 41.9 Å². The van der Waals surface area contributed by atoms with Crippen LogP contribution in [0.5, 0.6) is 0 Å². The molecule has 0 aliphatic rings. The fraction of sp³-hybridized carbons (Fsp3) is 0.200. The van der Waals surface area contributed by atoms with E-state index in [1.165, 1.54) is 35.4 Å². The van der Waals surface area contributed by atoms with Crippen molar-refractivity contribution in [2.24, 2.45) is 0 Å². The van der Waals surface area contributed by atoms with Crippen molar-refractivity contribution in [1.82, 2.24) is 29.6 Å². The largest absolute Gasteiger partial charge is 0.442 e. The van der Waals surface area contributed by atoms with Gasteiger partial charge >= 0.3 is 6.09 Å². The van der Waals surface area contributed by atoms with E-state index in [-0.39, 0.29) is 30.2 Å². The van der Waals surface area contributed by atoms with E-state index in [9.17, 15) is 18.8 Å². The van der Waals surface area contributed by atoms with E-state index in [4.69, 9.17) is 4.74 Å². The van der Waals surface area contributed by atoms with Gasteiger partial charge in [-0.3, -0.25) is 19.1 Å². The van der Waals surface area contributed by atoms with Crippen molar-refractivity contribution in [3.8, 4) is 11.1 Å². The Hall–Kier alpha value is -5.19. The third-order valence-corrected chi connectivity index (χ3v) is 6.10. The number of carbonyl (C=O) groups excluding carboxylic acids is 2. The van der Waals surface area contributed by atoms with E-state index >= 15 is 0 Å². The van der Waals surface area contributed by atoms with Crippen molar-refractivity contribution in [2.75, 3.05) is 0 Å². The van der Waals surface area contributed by atoms with Crippen LogP contribution in [0.3, 0.4) is 0 Å². The molecular weight excluding hydrogens is 527 g/mol. The first-order chi connectivity index (χ1) is 19.6. The summed E-state index contributed by atoms with van der Waals surface area (Å²) in [6, 6.07) is 14.4. The predicted octanol–water partition coefficient (Wildman–Crippen LogP) is 4.56. The van der Waals surface area contributed by atoms with Crippen molar-refractivity contribution in [2.45, 2.75) is 39.5 Å². The Morgan fingerprint density at radius 2 is 1.76 bits per heavy atom. The number of fused-ring (bicyclic) bond motifs is 1. The topological polar surface area (TPSA) is 121 Å². The molecule has 0 aliphatic heterocycles. The molecule has 5 aromatic rings. The molecule has 208 valence electrons. The lowest BCUT2D eigenvalue weighted by Gasteiger charge is -2.18. The number of halogens is 1. The molecule has 1 amide bonds. The predicted molar refractivity (Wildman–Crippen MR) is 150 cm³/mol. The molecule has 0 bridgehead atoms. The normalized spacial score (nSPS) is 11.4. The summed E-state index contributed by atoms with van der Waals surface area (Å²) in [6.07, 6.45) is 5.43. The lowest BCUT2D eigenvalue weighted by molar-refractivity contribution is 0.0514. The first kappa shape index (κ1) is 27.4. The van der Waals surface area contributed by atoms with Gasteiger partial charge in [-0.05, 0) is 73.9 Å². The molecule has 11 heteroatoms. The Bertz CT molecular complexity index is 1800. The number of ether oxygens (including phenoxy) is 1. The fourth-order valence-electron chi connectivity index (χ4n) is 4.10. The highest BCUT2D eigenvalue weighted by Crippen LogP contribution is 2.22. The Morgan fingerprint density at radius 3 is 2.51 bits per heavy atom. The van der Waals surface area contributed by atoms with E-state index in [0.717, 1.165) is 10.2 Å². The van der Waals surface area contributed by atoms with Crippen LogP contribution in [0.1, 0.15) is 42.4 Å². The fourth-order valence-corrected chi connectivity index (χ4v) is 4.10. The van der Waals surface area contributed by atoms with E-state index in [1.54, 1.807) is 69.4 Å². The average Bonchev–Trinajstić information content (AvgIpc) is 3.44. The molecule has 0 fully saturated rings. The molecule has 1 N–H and O–H groups in total. The van der Waals surface area contributed by atoms with Gasteiger partial charge in [0, 0.05) is 24.5 Å². The Morgan fingerprint density at radius 1 is 0.976 bits per heavy atom. The molecule has 0 saturated heterocycles. The summed E-state index contributed by atoms with van der Waals surface area (Å²) < 4.78 is 21.0. The van der Waals surface area contributed by atoms with Crippen molar-refractivity contribution in [3.63, 3.8) is 0 Å². The van der Waals surface area contributed by atoms with E-state index < -0.39 is 17.6 Å². The summed E-state index contributed by atoms with van der Waals surface area (Å²) >= 11 is 0. The minimum Gasteiger partial charge on any atom is -0.442 e. The molecule has 0 radical (unpaired) electrons. The number of pyridine rings is 1. The summed E-state index contributed by atoms with van der Waals surface area (Å²) in [7, 11) is 0. The van der Waals surface area contributed by atoms with Crippen LogP contribution in [0.15, 0.2) is 84.3 Å². The smallest absolute Gasteiger partial charge is 0.435 e. The van der Waals surface area contributed by atoms with Gasteiger partial charge in [0.05, 0.1) is 30.0 Å². The number of nitrogens with one attached hydrogen (secondary N) is 1. The monoisotopic (exact) mass is 554 g/mol. The van der Waals surface area contributed by atoms with Gasteiger partial charge in [-0.1, -0.05) is 18.2 Å². The molecule has 2 aromatic carbocycles. The molecule has 10 nitrogen and oxygen atoms in total. The summed E-state index contributed by atoms with van der Waals surface area (Å²) in [5.41, 5.74) is 2.54. The molecule has 0 spiro atoms. The highest BCUT2D eigenvalue weighted by Gasteiger charge is 2.19. The molecule has 41 heavy (non-hydrogen) atoms. The molecular formula is C30H27FN6O4. The van der Waals surface area contributed by atoms with Crippen molar-refractivity contribution in [1.29, 1.82) is 0 Å². The Labute approximate surface area is 234 Å². The van der Waals surface area contributed by atoms with E-state index in [0.29, 0.717) is 27.6 Å². The van der Waals surface area contributed by atoms with Crippen molar-refractivity contribution >= 4 is 22.9 Å². The lowest BCUT2D eigenvalue weighted by atomic mass is 10.1. The van der Waals surface area contributed by atoms with Gasteiger partial charge in [0.25, 0.3) is 11.5 Å². The zero-order valence-corrected chi connectivity index (χ0v) is 22.7. The first-order valence-corrected chi connectivity index (χ1v) is 12.8. The zero-order valence-electron chi connectivity index (χ0n) is 22.7. The Balaban J connectivity index is 1.34. The summed E-state index contributed by atoms with van der Waals surface area (Å²) in [5, 5.41) is 7.25. The molecule has 0 unspecified atom stereocenters. The maximum atomic E-state index is 13.4. The highest BCUT2D eigenvalue weighted by molar-refractivity contribution is 5.92. The standard InChI is InChI=1S/C30H27FN6O4/c1-30(2,3)41-29(40)37-17-22(15-35-37)21-6-9-25-24(13-21)28(39)36(18-34-25)16-20-10-11-32-26(12-20)27(38)33-14-19-4-7-23(31)8-5-19/h4-13,15,17-18H,14,16H2,1-3H3,(H,33,38). The summed E-state index contributed by atoms with van der Waals surface area (Å²) in [4.78, 5) is 47.0. The van der Waals surface area contributed by atoms with Crippen LogP contribution in [0.2, 0.25) is 0 Å². The average molecular weight is 555 g/mol. The number of benzene rings is 2. The third kappa shape index (κ3) is 6.52. The number of aromatic nitrogens is 5. The van der Waals surface area contributed by atoms with Crippen LogP contribution in [0.4, 0.5) is 9.18 Å². The van der Waals surface area contributed by atoms with Gasteiger partial charge in [0.15, 0.2) is 0 Å². The molecule has 3 heterocycles. The highest BCUT2D eigenvalue weighted by atomic mass is 19.1. The van der Waals surface area contributed by atoms with Gasteiger partial charge in [0.1, 0.15) is 17.1 Å². The second kappa shape index (κ2) is 11.1. The van der Waals surface area contributed by atoms with Crippen molar-refractivity contribution in [3.05, 3.63) is 113 Å². The maximum Gasteiger partial charge on any atom is 0.435 e. The molecule has 0 saturated carbocycles. The summed E-state index contributed by atoms with van der Waals surface area (Å²) in [6.45, 7) is 5.71. The van der Waals surface area contributed by atoms with Gasteiger partial charge in [-0.2, -0.15) is 9.78 Å². The van der Waals surface area contributed by atoms with Crippen LogP contribution >= 0.6 is 0 Å². The Kier molecular flexibility index (Phi) is 7.43. The van der Waals surface area contributed by atoms with E-state index in [2.05, 4.69) is 20.4 Å². The van der Waals surface area contributed by atoms with E-state index in [1.807, 2.05) is 0 Å². The number of hydrogen-bond acceptors (Lipinski definition) is 7.